The minimum Gasteiger partial charge on any atom is -0.476 e. The van der Waals surface area contributed by atoms with Crippen LogP contribution in [0.15, 0.2) is 30.7 Å². The van der Waals surface area contributed by atoms with Gasteiger partial charge in [-0.3, -0.25) is 9.78 Å². The van der Waals surface area contributed by atoms with Crippen LogP contribution in [0.5, 0.6) is 5.88 Å². The van der Waals surface area contributed by atoms with E-state index in [1.165, 1.54) is 10.8 Å². The smallest absolute Gasteiger partial charge is 0.434 e. The van der Waals surface area contributed by atoms with Gasteiger partial charge < -0.3 is 18.8 Å². The summed E-state index contributed by atoms with van der Waals surface area (Å²) in [5.74, 6) is 0.897. The second kappa shape index (κ2) is 13.3. The van der Waals surface area contributed by atoms with Gasteiger partial charge in [0, 0.05) is 41.5 Å². The van der Waals surface area contributed by atoms with Crippen molar-refractivity contribution in [2.24, 2.45) is 5.41 Å². The van der Waals surface area contributed by atoms with Crippen LogP contribution in [0, 0.1) is 12.3 Å². The highest BCUT2D eigenvalue weighted by molar-refractivity contribution is 14.2. The molecule has 1 aliphatic rings. The Morgan fingerprint density at radius 1 is 1.21 bits per heavy atom. The minimum atomic E-state index is -4.64. The SMILES string of the molecule is CCOC(=O)C1(COc2cc(C)c(-c3cnc(-c4nc(C(F)(F)F)cn4COCCS(C)(C)I)c(Cl)c3)cn2)CCC1. The van der Waals surface area contributed by atoms with Crippen LogP contribution in [-0.2, 0) is 27.2 Å². The van der Waals surface area contributed by atoms with Gasteiger partial charge >= 0.3 is 12.1 Å². The maximum absolute atomic E-state index is 13.5. The molecule has 0 atom stereocenters. The molecule has 1 fully saturated rings. The molecule has 8 nitrogen and oxygen atoms in total. The zero-order valence-corrected chi connectivity index (χ0v) is 27.5. The topological polar surface area (TPSA) is 88.4 Å². The average molecular weight is 741 g/mol. The highest BCUT2D eigenvalue weighted by Crippen LogP contribution is 2.48. The quantitative estimate of drug-likeness (QED) is 0.108. The van der Waals surface area contributed by atoms with Crippen LogP contribution in [0.4, 0.5) is 13.2 Å². The van der Waals surface area contributed by atoms with Gasteiger partial charge in [-0.2, -0.15) is 20.4 Å². The molecule has 0 bridgehead atoms. The van der Waals surface area contributed by atoms with Crippen LogP contribution in [0.25, 0.3) is 22.6 Å². The first-order chi connectivity index (χ1) is 19.7. The largest absolute Gasteiger partial charge is 0.476 e. The fourth-order valence-electron chi connectivity index (χ4n) is 4.43. The number of hydrogen-bond donors (Lipinski definition) is 0. The number of nitrogens with zero attached hydrogens (tertiary/aromatic N) is 4. The van der Waals surface area contributed by atoms with Crippen molar-refractivity contribution in [3.63, 3.8) is 0 Å². The third-order valence-corrected chi connectivity index (χ3v) is 9.72. The second-order valence-electron chi connectivity index (χ2n) is 10.6. The fourth-order valence-corrected chi connectivity index (χ4v) is 5.73. The lowest BCUT2D eigenvalue weighted by atomic mass is 9.69. The zero-order valence-electron chi connectivity index (χ0n) is 23.8. The molecule has 0 radical (unpaired) electrons. The van der Waals surface area contributed by atoms with Crippen molar-refractivity contribution >= 4 is 46.0 Å². The van der Waals surface area contributed by atoms with E-state index < -0.39 is 24.5 Å². The fraction of sp³-hybridized carbons (Fsp3) is 0.500. The Morgan fingerprint density at radius 3 is 2.52 bits per heavy atom. The summed E-state index contributed by atoms with van der Waals surface area (Å²) in [4.78, 5) is 25.0. The molecule has 1 saturated carbocycles. The average Bonchev–Trinajstić information content (AvgIpc) is 3.30. The summed E-state index contributed by atoms with van der Waals surface area (Å²) in [6, 6.07) is 3.38. The van der Waals surface area contributed by atoms with Crippen LogP contribution in [0.2, 0.25) is 5.02 Å². The number of rotatable bonds is 12. The van der Waals surface area contributed by atoms with Crippen molar-refractivity contribution in [1.82, 2.24) is 19.5 Å². The standard InChI is InChI=1S/C28H33ClF3IN4O4S/c1-5-40-26(38)27(7-6-8-27)16-41-23-11-18(2)20(14-34-23)19-12-21(29)24(35-13-19)25-36-22(28(30,31)32)15-37(25)17-39-9-10-42(3,4)33/h11-15H,5-10,16-17H2,1-4H3. The predicted molar refractivity (Wildman–Crippen MR) is 166 cm³/mol. The Bertz CT molecular complexity index is 1430. The Kier molecular flexibility index (Phi) is 10.4. The van der Waals surface area contributed by atoms with E-state index in [0.29, 0.717) is 37.5 Å². The highest BCUT2D eigenvalue weighted by Gasteiger charge is 2.46. The predicted octanol–water partition coefficient (Wildman–Crippen LogP) is 7.49. The van der Waals surface area contributed by atoms with E-state index in [2.05, 4.69) is 48.7 Å². The maximum atomic E-state index is 13.5. The van der Waals surface area contributed by atoms with Gasteiger partial charge in [0.05, 0.1) is 18.2 Å². The summed E-state index contributed by atoms with van der Waals surface area (Å²) in [6.45, 7) is 4.44. The molecular weight excluding hydrogens is 708 g/mol. The molecule has 1 aliphatic carbocycles. The number of hydrogen-bond acceptors (Lipinski definition) is 7. The normalized spacial score (nSPS) is 15.3. The van der Waals surface area contributed by atoms with Crippen molar-refractivity contribution in [2.45, 2.75) is 46.0 Å². The van der Waals surface area contributed by atoms with Crippen molar-refractivity contribution in [2.75, 3.05) is 38.1 Å². The lowest BCUT2D eigenvalue weighted by Crippen LogP contribution is -2.44. The minimum absolute atomic E-state index is 0.0370. The molecule has 3 aromatic rings. The van der Waals surface area contributed by atoms with Crippen LogP contribution < -0.4 is 4.74 Å². The number of alkyl halides is 3. The number of esters is 1. The van der Waals surface area contributed by atoms with Crippen molar-refractivity contribution in [3.05, 3.63) is 47.0 Å². The Hall–Kier alpha value is -2.10. The summed E-state index contributed by atoms with van der Waals surface area (Å²) in [5.41, 5.74) is 0.588. The van der Waals surface area contributed by atoms with E-state index in [9.17, 15) is 18.0 Å². The summed E-state index contributed by atoms with van der Waals surface area (Å²) in [5, 5.41) is 0.131. The van der Waals surface area contributed by atoms with E-state index in [1.807, 2.05) is 6.92 Å². The monoisotopic (exact) mass is 740 g/mol. The molecule has 3 heterocycles. The lowest BCUT2D eigenvalue weighted by molar-refractivity contribution is -0.163. The molecule has 0 saturated heterocycles. The molecule has 14 heteroatoms. The molecular formula is C28H33ClF3IN4O4S. The van der Waals surface area contributed by atoms with E-state index in [0.717, 1.165) is 29.5 Å². The number of ether oxygens (including phenoxy) is 3. The summed E-state index contributed by atoms with van der Waals surface area (Å²) < 4.78 is 58.6. The van der Waals surface area contributed by atoms with Crippen LogP contribution in [0.1, 0.15) is 37.4 Å². The maximum Gasteiger partial charge on any atom is 0.434 e. The van der Waals surface area contributed by atoms with Crippen LogP contribution >= 0.6 is 40.0 Å². The first kappa shape index (κ1) is 32.8. The van der Waals surface area contributed by atoms with E-state index in [-0.39, 0.29) is 35.8 Å². The Labute approximate surface area is 261 Å². The van der Waals surface area contributed by atoms with E-state index in [4.69, 9.17) is 25.8 Å². The van der Waals surface area contributed by atoms with Gasteiger partial charge in [-0.15, -0.1) is 0 Å². The molecule has 0 N–H and O–H groups in total. The molecule has 230 valence electrons. The summed E-state index contributed by atoms with van der Waals surface area (Å²) >= 11 is 8.94. The summed E-state index contributed by atoms with van der Waals surface area (Å²) in [7, 11) is -0.842. The lowest BCUT2D eigenvalue weighted by Gasteiger charge is -2.38. The second-order valence-corrected chi connectivity index (χ2v) is 21.4. The van der Waals surface area contributed by atoms with E-state index in [1.54, 1.807) is 25.3 Å². The van der Waals surface area contributed by atoms with Gasteiger partial charge in [0.15, 0.2) is 11.5 Å². The third kappa shape index (κ3) is 7.88. The zero-order chi connectivity index (χ0) is 30.7. The molecule has 4 rings (SSSR count). The van der Waals surface area contributed by atoms with Crippen LogP contribution in [0.3, 0.4) is 0 Å². The first-order valence-electron chi connectivity index (χ1n) is 13.3. The molecule has 42 heavy (non-hydrogen) atoms. The Balaban J connectivity index is 1.53. The molecule has 0 unspecified atom stereocenters. The molecule has 0 spiro atoms. The number of carbonyl (C=O) groups is 1. The number of aryl methyl sites for hydroxylation is 1. The van der Waals surface area contributed by atoms with Gasteiger partial charge in [-0.05, 0) is 72.0 Å². The van der Waals surface area contributed by atoms with Crippen LogP contribution in [-0.4, -0.2) is 63.6 Å². The molecule has 0 amide bonds. The van der Waals surface area contributed by atoms with Crippen molar-refractivity contribution in [3.8, 4) is 28.5 Å². The van der Waals surface area contributed by atoms with E-state index >= 15 is 0 Å². The number of imidazole rings is 1. The number of pyridine rings is 2. The highest BCUT2D eigenvalue weighted by atomic mass is 127. The van der Waals surface area contributed by atoms with Crippen molar-refractivity contribution < 1.29 is 32.2 Å². The van der Waals surface area contributed by atoms with Gasteiger partial charge in [-0.1, -0.05) is 18.0 Å². The number of carbonyl (C=O) groups excluding carboxylic acids is 1. The molecule has 3 aromatic heterocycles. The molecule has 0 aliphatic heterocycles. The Morgan fingerprint density at radius 2 is 1.95 bits per heavy atom. The molecule has 0 aromatic carbocycles. The summed E-state index contributed by atoms with van der Waals surface area (Å²) in [6.07, 6.45) is 6.03. The first-order valence-corrected chi connectivity index (χ1v) is 18.8. The van der Waals surface area contributed by atoms with Gasteiger partial charge in [-0.25, -0.2) is 9.97 Å². The van der Waals surface area contributed by atoms with Gasteiger partial charge in [0.1, 0.15) is 24.4 Å². The van der Waals surface area contributed by atoms with Gasteiger partial charge in [0.25, 0.3) is 0 Å². The number of halogens is 5. The van der Waals surface area contributed by atoms with Gasteiger partial charge in [0.2, 0.25) is 5.88 Å². The van der Waals surface area contributed by atoms with Crippen molar-refractivity contribution in [1.29, 1.82) is 0 Å². The number of aromatic nitrogens is 4. The third-order valence-electron chi connectivity index (χ3n) is 6.98.